The van der Waals surface area contributed by atoms with Gasteiger partial charge in [-0.1, -0.05) is 0 Å². The topological polar surface area (TPSA) is 93.7 Å². The lowest BCUT2D eigenvalue weighted by Gasteiger charge is -2.34. The number of rotatable bonds is 7. The van der Waals surface area contributed by atoms with Crippen LogP contribution in [0.15, 0.2) is 34.9 Å². The molecule has 2 N–H and O–H groups in total. The number of benzene rings is 1. The first kappa shape index (κ1) is 23.8. The molecule has 0 spiro atoms. The average molecular weight is 551 g/mol. The van der Waals surface area contributed by atoms with Gasteiger partial charge in [0.15, 0.2) is 0 Å². The van der Waals surface area contributed by atoms with Crippen LogP contribution in [-0.4, -0.2) is 85.2 Å². The Morgan fingerprint density at radius 1 is 1.03 bits per heavy atom. The molecule has 0 amide bonds. The number of hydrogen-bond acceptors (Lipinski definition) is 8. The van der Waals surface area contributed by atoms with Crippen LogP contribution < -0.4 is 15.5 Å². The van der Waals surface area contributed by atoms with E-state index >= 15 is 0 Å². The molecule has 5 rings (SSSR count). The molecule has 1 saturated carbocycles. The first-order valence-corrected chi connectivity index (χ1v) is 14.3. The van der Waals surface area contributed by atoms with Crippen LogP contribution in [0, 0.1) is 0 Å². The number of anilines is 4. The third kappa shape index (κ3) is 5.48. The van der Waals surface area contributed by atoms with Crippen LogP contribution in [0.2, 0.25) is 0 Å². The van der Waals surface area contributed by atoms with Gasteiger partial charge >= 0.3 is 0 Å². The van der Waals surface area contributed by atoms with Gasteiger partial charge in [0.05, 0.1) is 9.72 Å². The van der Waals surface area contributed by atoms with Crippen molar-refractivity contribution < 1.29 is 8.42 Å². The number of piperazine rings is 1. The summed E-state index contributed by atoms with van der Waals surface area (Å²) < 4.78 is 27.7. The lowest BCUT2D eigenvalue weighted by Crippen LogP contribution is -2.46. The Morgan fingerprint density at radius 3 is 2.47 bits per heavy atom. The van der Waals surface area contributed by atoms with Gasteiger partial charge in [-0.05, 0) is 72.9 Å². The number of aromatic nitrogens is 2. The SMILES string of the molecule is CN1CCN(c2ccc(Nc3ncc(Br)c(N[C@H]4CCCN(S(=O)(=O)C5CC5)C4)n3)cc2)CC1. The molecule has 0 radical (unpaired) electrons. The zero-order valence-corrected chi connectivity index (χ0v) is 21.9. The lowest BCUT2D eigenvalue weighted by atomic mass is 10.1. The number of halogens is 1. The van der Waals surface area contributed by atoms with Crippen molar-refractivity contribution in [3.05, 3.63) is 34.9 Å². The van der Waals surface area contributed by atoms with Gasteiger partial charge in [-0.25, -0.2) is 13.4 Å². The third-order valence-corrected chi connectivity index (χ3v) is 9.71. The van der Waals surface area contributed by atoms with Crippen LogP contribution in [0.5, 0.6) is 0 Å². The highest BCUT2D eigenvalue weighted by Gasteiger charge is 2.41. The molecule has 3 heterocycles. The van der Waals surface area contributed by atoms with Gasteiger partial charge in [0.25, 0.3) is 0 Å². The van der Waals surface area contributed by atoms with Crippen molar-refractivity contribution in [3.63, 3.8) is 0 Å². The summed E-state index contributed by atoms with van der Waals surface area (Å²) in [6.07, 6.45) is 5.05. The average Bonchev–Trinajstić information content (AvgIpc) is 3.69. The summed E-state index contributed by atoms with van der Waals surface area (Å²) in [5, 5.41) is 6.55. The minimum Gasteiger partial charge on any atom is -0.369 e. The molecule has 9 nitrogen and oxygen atoms in total. The van der Waals surface area contributed by atoms with E-state index in [0.29, 0.717) is 24.9 Å². The second kappa shape index (κ2) is 9.96. The summed E-state index contributed by atoms with van der Waals surface area (Å²) in [6, 6.07) is 8.37. The highest BCUT2D eigenvalue weighted by atomic mass is 79.9. The standard InChI is InChI=1S/C23H32BrN7O2S/c1-29-11-13-30(14-12-29)19-6-4-17(5-7-19)27-23-25-15-21(24)22(28-23)26-18-3-2-10-31(16-18)34(32,33)20-8-9-20/h4-7,15,18,20H,2-3,8-14,16H2,1H3,(H2,25,26,27,28)/t18-/m0/s1. The summed E-state index contributed by atoms with van der Waals surface area (Å²) in [5.74, 6) is 1.17. The van der Waals surface area contributed by atoms with Gasteiger partial charge in [-0.3, -0.25) is 0 Å². The molecule has 1 aliphatic carbocycles. The maximum atomic E-state index is 12.7. The number of nitrogens with one attached hydrogen (secondary N) is 2. The molecule has 0 bridgehead atoms. The van der Waals surface area contributed by atoms with Gasteiger partial charge in [0.2, 0.25) is 16.0 Å². The maximum absolute atomic E-state index is 12.7. The minimum atomic E-state index is -3.16. The van der Waals surface area contributed by atoms with E-state index in [9.17, 15) is 8.42 Å². The van der Waals surface area contributed by atoms with Gasteiger partial charge in [0, 0.05) is 62.9 Å². The highest BCUT2D eigenvalue weighted by molar-refractivity contribution is 9.10. The number of sulfonamides is 1. The Bertz CT molecular complexity index is 1100. The summed E-state index contributed by atoms with van der Waals surface area (Å²) in [7, 11) is -0.998. The monoisotopic (exact) mass is 549 g/mol. The number of hydrogen-bond donors (Lipinski definition) is 2. The molecule has 0 unspecified atom stereocenters. The van der Waals surface area contributed by atoms with E-state index in [-0.39, 0.29) is 11.3 Å². The number of likely N-dealkylation sites (N-methyl/N-ethyl adjacent to an activating group) is 1. The van der Waals surface area contributed by atoms with E-state index < -0.39 is 10.0 Å². The molecule has 2 aliphatic heterocycles. The van der Waals surface area contributed by atoms with Crippen molar-refractivity contribution in [1.29, 1.82) is 0 Å². The molecule has 34 heavy (non-hydrogen) atoms. The van der Waals surface area contributed by atoms with Gasteiger partial charge in [0.1, 0.15) is 5.82 Å². The molecule has 184 valence electrons. The molecule has 1 aromatic heterocycles. The summed E-state index contributed by atoms with van der Waals surface area (Å²) >= 11 is 3.53. The normalized spacial score (nSPS) is 22.5. The van der Waals surface area contributed by atoms with Crippen molar-refractivity contribution in [1.82, 2.24) is 19.2 Å². The van der Waals surface area contributed by atoms with Crippen LogP contribution in [0.3, 0.4) is 0 Å². The molecule has 1 aromatic carbocycles. The first-order valence-electron chi connectivity index (χ1n) is 12.0. The zero-order chi connectivity index (χ0) is 23.7. The summed E-state index contributed by atoms with van der Waals surface area (Å²) in [5.41, 5.74) is 2.14. The van der Waals surface area contributed by atoms with Crippen LogP contribution in [0.25, 0.3) is 0 Å². The van der Waals surface area contributed by atoms with Crippen LogP contribution in [0.1, 0.15) is 25.7 Å². The maximum Gasteiger partial charge on any atom is 0.229 e. The largest absolute Gasteiger partial charge is 0.369 e. The quantitative estimate of drug-likeness (QED) is 0.544. The highest BCUT2D eigenvalue weighted by Crippen LogP contribution is 2.33. The molecule has 11 heteroatoms. The summed E-state index contributed by atoms with van der Waals surface area (Å²) in [6.45, 7) is 5.32. The van der Waals surface area contributed by atoms with Crippen molar-refractivity contribution in [2.75, 3.05) is 61.8 Å². The smallest absolute Gasteiger partial charge is 0.229 e. The van der Waals surface area contributed by atoms with E-state index in [0.717, 1.165) is 62.0 Å². The number of nitrogens with zero attached hydrogens (tertiary/aromatic N) is 5. The van der Waals surface area contributed by atoms with Crippen molar-refractivity contribution in [3.8, 4) is 0 Å². The molecule has 2 aromatic rings. The van der Waals surface area contributed by atoms with Gasteiger partial charge < -0.3 is 20.4 Å². The van der Waals surface area contributed by atoms with E-state index in [1.54, 1.807) is 10.5 Å². The Morgan fingerprint density at radius 2 is 1.76 bits per heavy atom. The molecule has 2 saturated heterocycles. The van der Waals surface area contributed by atoms with Gasteiger partial charge in [-0.2, -0.15) is 9.29 Å². The molecule has 1 atom stereocenters. The predicted molar refractivity (Wildman–Crippen MR) is 139 cm³/mol. The zero-order valence-electron chi connectivity index (χ0n) is 19.5. The van der Waals surface area contributed by atoms with E-state index in [4.69, 9.17) is 0 Å². The Hall–Kier alpha value is -1.95. The van der Waals surface area contributed by atoms with Crippen LogP contribution in [-0.2, 0) is 10.0 Å². The van der Waals surface area contributed by atoms with Crippen molar-refractivity contribution in [2.45, 2.75) is 37.0 Å². The fraction of sp³-hybridized carbons (Fsp3) is 0.565. The fourth-order valence-corrected chi connectivity index (χ4v) is 6.77. The minimum absolute atomic E-state index is 0.0178. The van der Waals surface area contributed by atoms with Crippen LogP contribution >= 0.6 is 15.9 Å². The predicted octanol–water partition coefficient (Wildman–Crippen LogP) is 3.10. The Labute approximate surface area is 210 Å². The lowest BCUT2D eigenvalue weighted by molar-refractivity contribution is 0.313. The Balaban J connectivity index is 1.22. The Kier molecular flexibility index (Phi) is 6.97. The fourth-order valence-electron chi connectivity index (χ4n) is 4.54. The van der Waals surface area contributed by atoms with Crippen molar-refractivity contribution in [2.24, 2.45) is 0 Å². The van der Waals surface area contributed by atoms with Gasteiger partial charge in [-0.15, -0.1) is 0 Å². The molecular formula is C23H32BrN7O2S. The third-order valence-electron chi connectivity index (χ3n) is 6.77. The molecular weight excluding hydrogens is 518 g/mol. The van der Waals surface area contributed by atoms with E-state index in [1.165, 1.54) is 5.69 Å². The van der Waals surface area contributed by atoms with E-state index in [1.807, 2.05) is 12.1 Å². The molecule has 3 fully saturated rings. The van der Waals surface area contributed by atoms with E-state index in [2.05, 4.69) is 65.5 Å². The second-order valence-electron chi connectivity index (χ2n) is 9.44. The first-order chi connectivity index (χ1) is 16.4. The van der Waals surface area contributed by atoms with Crippen molar-refractivity contribution >= 4 is 49.1 Å². The molecule has 3 aliphatic rings. The second-order valence-corrected chi connectivity index (χ2v) is 12.5. The van der Waals surface area contributed by atoms with Crippen LogP contribution in [0.4, 0.5) is 23.1 Å². The number of piperidine rings is 1. The summed E-state index contributed by atoms with van der Waals surface area (Å²) in [4.78, 5) is 13.8.